The number of benzene rings is 3. The monoisotopic (exact) mass is 719 g/mol. The van der Waals surface area contributed by atoms with Gasteiger partial charge < -0.3 is 28.7 Å². The van der Waals surface area contributed by atoms with Crippen LogP contribution in [-0.4, -0.2) is 61.9 Å². The van der Waals surface area contributed by atoms with Gasteiger partial charge in [-0.25, -0.2) is 0 Å². The van der Waals surface area contributed by atoms with Crippen LogP contribution in [0.2, 0.25) is 23.7 Å². The zero-order chi connectivity index (χ0) is 35.6. The first kappa shape index (κ1) is 36.2. The van der Waals surface area contributed by atoms with E-state index in [1.54, 1.807) is 35.0 Å². The van der Waals surface area contributed by atoms with Crippen molar-refractivity contribution in [2.24, 2.45) is 5.92 Å². The molecule has 1 N–H and O–H groups in total. The first-order valence-electron chi connectivity index (χ1n) is 17.7. The number of nitrogens with zero attached hydrogens (tertiary/aromatic N) is 3. The minimum absolute atomic E-state index is 0.121. The van der Waals surface area contributed by atoms with Crippen LogP contribution in [0.4, 0.5) is 15.5 Å². The third kappa shape index (κ3) is 7.13. The molecule has 3 aromatic carbocycles. The Hall–Kier alpha value is -3.57. The highest BCUT2D eigenvalue weighted by Crippen LogP contribution is 2.60. The van der Waals surface area contributed by atoms with Gasteiger partial charge in [0.25, 0.3) is 5.91 Å². The van der Waals surface area contributed by atoms with Gasteiger partial charge in [0.05, 0.1) is 31.4 Å². The SMILES string of the molecule is C[C@@H]1[C@@H]([Si](C)(C)F)[C@H](CC(=O)N(CCO)Cc2ccccc2)O[C@@]12C(=O)N(Cc1ccc(N3CCCCCCC3=O)cc1)c1ccc(Cl)cc12. The molecular weight excluding hydrogens is 673 g/mol. The Balaban J connectivity index is 1.29. The zero-order valence-corrected chi connectivity index (χ0v) is 30.9. The Morgan fingerprint density at radius 1 is 1.02 bits per heavy atom. The Kier molecular flexibility index (Phi) is 10.8. The lowest BCUT2D eigenvalue weighted by Gasteiger charge is -2.31. The highest BCUT2D eigenvalue weighted by atomic mass is 35.5. The van der Waals surface area contributed by atoms with E-state index in [0.29, 0.717) is 35.8 Å². The number of anilines is 2. The summed E-state index contributed by atoms with van der Waals surface area (Å²) in [5.41, 5.74) is 1.67. The summed E-state index contributed by atoms with van der Waals surface area (Å²) in [6.07, 6.45) is 3.63. The van der Waals surface area contributed by atoms with Crippen molar-refractivity contribution in [2.45, 2.75) is 88.9 Å². The third-order valence-electron chi connectivity index (χ3n) is 10.6. The molecule has 4 atom stereocenters. The molecule has 2 fully saturated rings. The van der Waals surface area contributed by atoms with Crippen LogP contribution in [0, 0.1) is 5.92 Å². The smallest absolute Gasteiger partial charge is 0.264 e. The van der Waals surface area contributed by atoms with Gasteiger partial charge in [-0.1, -0.05) is 73.8 Å². The summed E-state index contributed by atoms with van der Waals surface area (Å²) >= 11 is 6.55. The van der Waals surface area contributed by atoms with Crippen LogP contribution >= 0.6 is 11.6 Å². The van der Waals surface area contributed by atoms with Crippen LogP contribution < -0.4 is 9.80 Å². The van der Waals surface area contributed by atoms with Crippen molar-refractivity contribution in [3.63, 3.8) is 0 Å². The average molecular weight is 720 g/mol. The van der Waals surface area contributed by atoms with Gasteiger partial charge in [-0.05, 0) is 67.4 Å². The minimum atomic E-state index is -3.52. The quantitative estimate of drug-likeness (QED) is 0.175. The molecule has 266 valence electrons. The van der Waals surface area contributed by atoms with E-state index in [0.717, 1.165) is 42.5 Å². The second-order valence-electron chi connectivity index (χ2n) is 14.4. The van der Waals surface area contributed by atoms with Crippen molar-refractivity contribution in [2.75, 3.05) is 29.5 Å². The van der Waals surface area contributed by atoms with E-state index in [4.69, 9.17) is 16.3 Å². The van der Waals surface area contributed by atoms with Crippen LogP contribution in [-0.2, 0) is 37.8 Å². The number of aliphatic hydroxyl groups is 1. The summed E-state index contributed by atoms with van der Waals surface area (Å²) in [6, 6.07) is 22.5. The Morgan fingerprint density at radius 2 is 1.74 bits per heavy atom. The standard InChI is InChI=1S/C39H47ClFN3O5Si/c1-27-37(50(2,3)41)34(24-36(47)42(21-22-45)25-28-11-7-6-8-12-28)49-39(27)32-23-30(40)16-19-33(32)44(38(39)48)26-29-14-17-31(18-15-29)43-20-10-5-4-9-13-35(43)46/h6-8,11-12,14-19,23,27,34,37,45H,4-5,9-10,13,20-22,24-26H2,1-3H3/t27-,34+,37-,39+/m1/s1. The molecule has 50 heavy (non-hydrogen) atoms. The Labute approximate surface area is 300 Å². The molecule has 3 aliphatic rings. The van der Waals surface area contributed by atoms with E-state index < -0.39 is 31.6 Å². The number of fused-ring (bicyclic) bond motifs is 2. The van der Waals surface area contributed by atoms with Crippen molar-refractivity contribution in [3.05, 3.63) is 94.5 Å². The van der Waals surface area contributed by atoms with E-state index in [-0.39, 0.29) is 43.8 Å². The summed E-state index contributed by atoms with van der Waals surface area (Å²) < 4.78 is 23.2. The molecule has 0 saturated carbocycles. The number of carbonyl (C=O) groups excluding carboxylic acids is 3. The van der Waals surface area contributed by atoms with E-state index in [1.165, 1.54) is 0 Å². The van der Waals surface area contributed by atoms with Gasteiger partial charge in [-0.3, -0.25) is 14.4 Å². The molecule has 3 aromatic rings. The largest absolute Gasteiger partial charge is 0.395 e. The lowest BCUT2D eigenvalue weighted by Crippen LogP contribution is -2.45. The molecule has 3 aliphatic heterocycles. The Bertz CT molecular complexity index is 1700. The number of rotatable bonds is 10. The van der Waals surface area contributed by atoms with Gasteiger partial charge in [0.2, 0.25) is 20.2 Å². The minimum Gasteiger partial charge on any atom is -0.395 e. The predicted octanol–water partition coefficient (Wildman–Crippen LogP) is 7.37. The average Bonchev–Trinajstić information content (AvgIpc) is 3.49. The van der Waals surface area contributed by atoms with Crippen molar-refractivity contribution >= 4 is 49.1 Å². The fraction of sp³-hybridized carbons (Fsp3) is 0.462. The molecule has 3 amide bonds. The van der Waals surface area contributed by atoms with Crippen molar-refractivity contribution in [1.29, 1.82) is 0 Å². The molecule has 2 saturated heterocycles. The van der Waals surface area contributed by atoms with Crippen molar-refractivity contribution in [1.82, 2.24) is 4.90 Å². The van der Waals surface area contributed by atoms with Gasteiger partial charge in [0.1, 0.15) is 0 Å². The summed E-state index contributed by atoms with van der Waals surface area (Å²) in [5.74, 6) is -1.02. The molecule has 0 aliphatic carbocycles. The number of carbonyl (C=O) groups is 3. The van der Waals surface area contributed by atoms with E-state index in [2.05, 4.69) is 0 Å². The van der Waals surface area contributed by atoms with E-state index in [1.807, 2.05) is 72.5 Å². The summed E-state index contributed by atoms with van der Waals surface area (Å²) in [6.45, 7) is 6.22. The predicted molar refractivity (Wildman–Crippen MR) is 196 cm³/mol. The maximum Gasteiger partial charge on any atom is 0.264 e. The summed E-state index contributed by atoms with van der Waals surface area (Å²) in [7, 11) is -3.52. The van der Waals surface area contributed by atoms with Crippen LogP contribution in [0.1, 0.15) is 62.1 Å². The molecule has 0 unspecified atom stereocenters. The molecule has 1 spiro atoms. The second kappa shape index (κ2) is 15.0. The summed E-state index contributed by atoms with van der Waals surface area (Å²) in [4.78, 5) is 46.6. The topological polar surface area (TPSA) is 90.4 Å². The molecular formula is C39H47ClFN3O5Si. The van der Waals surface area contributed by atoms with E-state index in [9.17, 15) is 19.5 Å². The van der Waals surface area contributed by atoms with Crippen LogP contribution in [0.15, 0.2) is 72.8 Å². The van der Waals surface area contributed by atoms with Gasteiger partial charge in [-0.2, -0.15) is 0 Å². The number of hydrogen-bond donors (Lipinski definition) is 1. The zero-order valence-electron chi connectivity index (χ0n) is 29.1. The fourth-order valence-electron chi connectivity index (χ4n) is 8.29. The maximum absolute atomic E-state index is 16.4. The van der Waals surface area contributed by atoms with Crippen LogP contribution in [0.3, 0.4) is 0 Å². The second-order valence-corrected chi connectivity index (χ2v) is 18.7. The molecule has 0 aromatic heterocycles. The van der Waals surface area contributed by atoms with Crippen LogP contribution in [0.25, 0.3) is 0 Å². The highest BCUT2D eigenvalue weighted by molar-refractivity contribution is 6.72. The normalized spacial score (nSPS) is 24.0. The molecule has 11 heteroatoms. The molecule has 8 nitrogen and oxygen atoms in total. The number of ether oxygens (including phenoxy) is 1. The number of hydrogen-bond acceptors (Lipinski definition) is 5. The third-order valence-corrected chi connectivity index (χ3v) is 13.3. The van der Waals surface area contributed by atoms with Crippen molar-refractivity contribution in [3.8, 4) is 0 Å². The molecule has 6 rings (SSSR count). The first-order valence-corrected chi connectivity index (χ1v) is 21.1. The molecule has 3 heterocycles. The number of amides is 3. The lowest BCUT2D eigenvalue weighted by atomic mass is 9.82. The summed E-state index contributed by atoms with van der Waals surface area (Å²) in [5, 5.41) is 10.2. The van der Waals surface area contributed by atoms with Crippen molar-refractivity contribution < 1.29 is 28.3 Å². The van der Waals surface area contributed by atoms with Gasteiger partial charge >= 0.3 is 0 Å². The number of aliphatic hydroxyl groups excluding tert-OH is 1. The molecule has 0 radical (unpaired) electrons. The molecule has 0 bridgehead atoms. The number of halogens is 2. The van der Waals surface area contributed by atoms with E-state index >= 15 is 4.11 Å². The van der Waals surface area contributed by atoms with Crippen LogP contribution in [0.5, 0.6) is 0 Å². The van der Waals surface area contributed by atoms with Gasteiger partial charge in [0.15, 0.2) is 5.60 Å². The Morgan fingerprint density at radius 3 is 2.44 bits per heavy atom. The first-order chi connectivity index (χ1) is 23.9. The highest BCUT2D eigenvalue weighted by Gasteiger charge is 2.67. The maximum atomic E-state index is 16.4. The van der Waals surface area contributed by atoms with Gasteiger partial charge in [-0.15, -0.1) is 0 Å². The van der Waals surface area contributed by atoms with Gasteiger partial charge in [0, 0.05) is 53.8 Å². The fourth-order valence-corrected chi connectivity index (χ4v) is 11.0. The lowest BCUT2D eigenvalue weighted by molar-refractivity contribution is -0.150.